The third-order valence-electron chi connectivity index (χ3n) is 3.43. The zero-order valence-electron chi connectivity index (χ0n) is 13.6. The van der Waals surface area contributed by atoms with Crippen LogP contribution < -0.4 is 5.32 Å². The Labute approximate surface area is 166 Å². The number of carbonyl (C=O) groups is 2. The maximum atomic E-state index is 12.3. The second-order valence-corrected chi connectivity index (χ2v) is 7.98. The molecule has 0 radical (unpaired) electrons. The van der Waals surface area contributed by atoms with Gasteiger partial charge in [-0.2, -0.15) is 13.2 Å². The molecule has 0 aliphatic heterocycles. The van der Waals surface area contributed by atoms with Crippen molar-refractivity contribution in [2.24, 2.45) is 0 Å². The maximum absolute atomic E-state index is 12.3. The lowest BCUT2D eigenvalue weighted by Crippen LogP contribution is -2.42. The molecule has 0 saturated heterocycles. The van der Waals surface area contributed by atoms with Crippen molar-refractivity contribution >= 4 is 46.5 Å². The molecule has 3 nitrogen and oxygen atoms in total. The Kier molecular flexibility index (Phi) is 7.10. The third-order valence-corrected chi connectivity index (χ3v) is 5.18. The summed E-state index contributed by atoms with van der Waals surface area (Å²) in [6, 6.07) is 12.2. The molecule has 2 aromatic carbocycles. The van der Waals surface area contributed by atoms with Gasteiger partial charge in [0.15, 0.2) is 6.29 Å². The van der Waals surface area contributed by atoms with Crippen LogP contribution >= 0.6 is 34.4 Å². The average molecular weight is 493 g/mol. The largest absolute Gasteiger partial charge is 0.471 e. The lowest BCUT2D eigenvalue weighted by Gasteiger charge is -2.15. The van der Waals surface area contributed by atoms with Gasteiger partial charge in [-0.25, -0.2) is 0 Å². The van der Waals surface area contributed by atoms with Crippen LogP contribution in [0.15, 0.2) is 52.3 Å². The number of rotatable bonds is 6. The fourth-order valence-electron chi connectivity index (χ4n) is 2.22. The van der Waals surface area contributed by atoms with Gasteiger partial charge in [-0.3, -0.25) is 9.59 Å². The van der Waals surface area contributed by atoms with Crippen molar-refractivity contribution in [3.05, 3.63) is 57.2 Å². The Bertz CT molecular complexity index is 794. The quantitative estimate of drug-likeness (QED) is 0.462. The smallest absolute Gasteiger partial charge is 0.345 e. The molecule has 2 aromatic rings. The van der Waals surface area contributed by atoms with Gasteiger partial charge in [-0.05, 0) is 71.8 Å². The number of alkyl halides is 3. The van der Waals surface area contributed by atoms with Gasteiger partial charge in [0.1, 0.15) is 0 Å². The second kappa shape index (κ2) is 8.90. The van der Waals surface area contributed by atoms with Gasteiger partial charge in [0, 0.05) is 25.0 Å². The summed E-state index contributed by atoms with van der Waals surface area (Å²) in [5, 5.41) is 1.94. The first-order chi connectivity index (χ1) is 12.2. The van der Waals surface area contributed by atoms with E-state index in [1.54, 1.807) is 18.2 Å². The van der Waals surface area contributed by atoms with Crippen LogP contribution in [0.25, 0.3) is 0 Å². The Balaban J connectivity index is 2.01. The van der Waals surface area contributed by atoms with E-state index >= 15 is 0 Å². The minimum absolute atomic E-state index is 0.287. The molecule has 0 aliphatic carbocycles. The molecule has 0 unspecified atom stereocenters. The molecular weight excluding hydrogens is 478 g/mol. The lowest BCUT2D eigenvalue weighted by atomic mass is 10.1. The van der Waals surface area contributed by atoms with E-state index in [9.17, 15) is 22.8 Å². The van der Waals surface area contributed by atoms with Crippen molar-refractivity contribution in [1.82, 2.24) is 5.32 Å². The van der Waals surface area contributed by atoms with E-state index in [4.69, 9.17) is 0 Å². The fourth-order valence-corrected chi connectivity index (χ4v) is 3.87. The van der Waals surface area contributed by atoms with E-state index in [1.807, 2.05) is 29.6 Å². The highest BCUT2D eigenvalue weighted by Gasteiger charge is 2.39. The standard InChI is InChI=1S/C18H15F3INO2S/c1-11(23-17(25)18(19,20)21)8-12-2-6-15(7-3-12)26-16-9-14(22)5-4-13(16)10-24/h2-7,9-11H,8H2,1H3,(H,23,25)/t11-/m1/s1. The Morgan fingerprint density at radius 3 is 2.46 bits per heavy atom. The molecule has 0 fully saturated rings. The number of amides is 1. The Hall–Kier alpha value is -1.55. The summed E-state index contributed by atoms with van der Waals surface area (Å²) in [5.74, 6) is -1.93. The van der Waals surface area contributed by atoms with Crippen LogP contribution in [0.2, 0.25) is 0 Å². The molecule has 0 aliphatic rings. The van der Waals surface area contributed by atoms with E-state index in [2.05, 4.69) is 22.6 Å². The Morgan fingerprint density at radius 1 is 1.23 bits per heavy atom. The fraction of sp³-hybridized carbons (Fsp3) is 0.222. The van der Waals surface area contributed by atoms with Crippen LogP contribution in [-0.2, 0) is 11.2 Å². The molecule has 1 N–H and O–H groups in total. The van der Waals surface area contributed by atoms with Crippen molar-refractivity contribution in [2.75, 3.05) is 0 Å². The number of hydrogen-bond acceptors (Lipinski definition) is 3. The zero-order valence-corrected chi connectivity index (χ0v) is 16.6. The van der Waals surface area contributed by atoms with Crippen LogP contribution in [0.1, 0.15) is 22.8 Å². The second-order valence-electron chi connectivity index (χ2n) is 5.62. The summed E-state index contributed by atoms with van der Waals surface area (Å²) >= 11 is 3.61. The number of aldehydes is 1. The maximum Gasteiger partial charge on any atom is 0.471 e. The van der Waals surface area contributed by atoms with Gasteiger partial charge < -0.3 is 5.32 Å². The molecule has 2 rings (SSSR count). The van der Waals surface area contributed by atoms with Crippen molar-refractivity contribution in [1.29, 1.82) is 0 Å². The first-order valence-electron chi connectivity index (χ1n) is 7.58. The first-order valence-corrected chi connectivity index (χ1v) is 9.48. The highest BCUT2D eigenvalue weighted by Crippen LogP contribution is 2.31. The number of benzene rings is 2. The predicted octanol–water partition coefficient (Wildman–Crippen LogP) is 4.86. The SMILES string of the molecule is C[C@H](Cc1ccc(Sc2cc(I)ccc2C=O)cc1)NC(=O)C(F)(F)F. The van der Waals surface area contributed by atoms with Crippen molar-refractivity contribution < 1.29 is 22.8 Å². The van der Waals surface area contributed by atoms with Crippen LogP contribution in [0.3, 0.4) is 0 Å². The van der Waals surface area contributed by atoms with Gasteiger partial charge in [-0.1, -0.05) is 23.9 Å². The highest BCUT2D eigenvalue weighted by molar-refractivity contribution is 14.1. The third kappa shape index (κ3) is 6.01. The van der Waals surface area contributed by atoms with Crippen molar-refractivity contribution in [3.8, 4) is 0 Å². The summed E-state index contributed by atoms with van der Waals surface area (Å²) in [6.45, 7) is 1.52. The van der Waals surface area contributed by atoms with Crippen LogP contribution in [-0.4, -0.2) is 24.4 Å². The molecule has 0 bridgehead atoms. The minimum Gasteiger partial charge on any atom is -0.345 e. The Morgan fingerprint density at radius 2 is 1.88 bits per heavy atom. The van der Waals surface area contributed by atoms with E-state index in [0.717, 1.165) is 25.2 Å². The summed E-state index contributed by atoms with van der Waals surface area (Å²) in [5.41, 5.74) is 1.41. The molecule has 0 spiro atoms. The molecule has 26 heavy (non-hydrogen) atoms. The number of carbonyl (C=O) groups excluding carboxylic acids is 2. The molecule has 0 aromatic heterocycles. The molecule has 0 heterocycles. The predicted molar refractivity (Wildman–Crippen MR) is 102 cm³/mol. The van der Waals surface area contributed by atoms with Gasteiger partial charge in [0.25, 0.3) is 0 Å². The number of nitrogens with one attached hydrogen (secondary N) is 1. The van der Waals surface area contributed by atoms with E-state index < -0.39 is 18.1 Å². The van der Waals surface area contributed by atoms with Crippen LogP contribution in [0.5, 0.6) is 0 Å². The minimum atomic E-state index is -4.88. The highest BCUT2D eigenvalue weighted by atomic mass is 127. The molecule has 0 saturated carbocycles. The van der Waals surface area contributed by atoms with Crippen molar-refractivity contribution in [3.63, 3.8) is 0 Å². The first kappa shape index (κ1) is 20.8. The normalized spacial score (nSPS) is 12.5. The average Bonchev–Trinajstić information content (AvgIpc) is 2.56. The molecule has 1 amide bonds. The molecular formula is C18H15F3INO2S. The van der Waals surface area contributed by atoms with Gasteiger partial charge in [0.05, 0.1) is 0 Å². The summed E-state index contributed by atoms with van der Waals surface area (Å²) in [7, 11) is 0. The van der Waals surface area contributed by atoms with E-state index in [-0.39, 0.29) is 6.42 Å². The summed E-state index contributed by atoms with van der Waals surface area (Å²) < 4.78 is 37.8. The molecule has 1 atom stereocenters. The summed E-state index contributed by atoms with van der Waals surface area (Å²) in [4.78, 5) is 23.8. The van der Waals surface area contributed by atoms with Gasteiger partial charge in [0.2, 0.25) is 0 Å². The molecule has 8 heteroatoms. The van der Waals surface area contributed by atoms with E-state index in [1.165, 1.54) is 18.7 Å². The van der Waals surface area contributed by atoms with Crippen molar-refractivity contribution in [2.45, 2.75) is 35.4 Å². The van der Waals surface area contributed by atoms with E-state index in [0.29, 0.717) is 5.56 Å². The van der Waals surface area contributed by atoms with Crippen LogP contribution in [0.4, 0.5) is 13.2 Å². The van der Waals surface area contributed by atoms with Gasteiger partial charge >= 0.3 is 12.1 Å². The summed E-state index contributed by atoms with van der Waals surface area (Å²) in [6.07, 6.45) is -3.79. The molecule has 138 valence electrons. The lowest BCUT2D eigenvalue weighted by molar-refractivity contribution is -0.174. The number of halogens is 4. The zero-order chi connectivity index (χ0) is 19.3. The van der Waals surface area contributed by atoms with Crippen LogP contribution in [0, 0.1) is 3.57 Å². The topological polar surface area (TPSA) is 46.2 Å². The monoisotopic (exact) mass is 493 g/mol. The van der Waals surface area contributed by atoms with Gasteiger partial charge in [-0.15, -0.1) is 0 Å². The number of hydrogen-bond donors (Lipinski definition) is 1.